The fourth-order valence-corrected chi connectivity index (χ4v) is 3.48. The number of hydrogen-bond donors (Lipinski definition) is 1. The zero-order valence-corrected chi connectivity index (χ0v) is 16.1. The number of ether oxygens (including phenoxy) is 1. The van der Waals surface area contributed by atoms with Gasteiger partial charge in [-0.3, -0.25) is 4.90 Å². The van der Waals surface area contributed by atoms with Gasteiger partial charge in [0.05, 0.1) is 6.61 Å². The number of benzene rings is 2. The number of nitrogens with zero attached hydrogens (tertiary/aromatic N) is 2. The van der Waals surface area contributed by atoms with Crippen LogP contribution in [0.5, 0.6) is 5.75 Å². The molecule has 3 rings (SSSR count). The smallest absolute Gasteiger partial charge is 0.119 e. The lowest BCUT2D eigenvalue weighted by Gasteiger charge is -2.37. The predicted octanol–water partition coefficient (Wildman–Crippen LogP) is 3.87. The first-order valence-electron chi connectivity index (χ1n) is 9.65. The van der Waals surface area contributed by atoms with E-state index in [2.05, 4.69) is 41.8 Å². The molecule has 0 spiro atoms. The second-order valence-electron chi connectivity index (χ2n) is 7.17. The molecule has 0 unspecified atom stereocenters. The Balaban J connectivity index is 1.34. The Morgan fingerprint density at radius 2 is 1.65 bits per heavy atom. The summed E-state index contributed by atoms with van der Waals surface area (Å²) in [6, 6.07) is 14.2. The molecule has 0 amide bonds. The third-order valence-corrected chi connectivity index (χ3v) is 5.31. The highest BCUT2D eigenvalue weighted by molar-refractivity contribution is 5.56. The van der Waals surface area contributed by atoms with E-state index < -0.39 is 0 Å². The van der Waals surface area contributed by atoms with E-state index in [1.807, 2.05) is 24.3 Å². The Morgan fingerprint density at radius 3 is 2.38 bits per heavy atom. The fourth-order valence-electron chi connectivity index (χ4n) is 3.48. The van der Waals surface area contributed by atoms with E-state index in [0.717, 1.165) is 57.2 Å². The molecule has 1 heterocycles. The molecule has 1 aliphatic rings. The molecule has 1 saturated heterocycles. The maximum atomic E-state index is 5.77. The quantitative estimate of drug-likeness (QED) is 0.606. The van der Waals surface area contributed by atoms with Gasteiger partial charge in [0.1, 0.15) is 5.75 Å². The predicted molar refractivity (Wildman–Crippen MR) is 110 cm³/mol. The van der Waals surface area contributed by atoms with Crippen molar-refractivity contribution in [3.05, 3.63) is 53.6 Å². The lowest BCUT2D eigenvalue weighted by Crippen LogP contribution is -2.46. The highest BCUT2D eigenvalue weighted by Gasteiger charge is 2.18. The summed E-state index contributed by atoms with van der Waals surface area (Å²) in [5, 5.41) is 0. The van der Waals surface area contributed by atoms with E-state index in [4.69, 9.17) is 10.5 Å². The minimum Gasteiger partial charge on any atom is -0.494 e. The van der Waals surface area contributed by atoms with Crippen molar-refractivity contribution in [2.45, 2.75) is 26.7 Å². The van der Waals surface area contributed by atoms with Gasteiger partial charge in [0.15, 0.2) is 0 Å². The Bertz CT molecular complexity index is 691. The molecule has 0 atom stereocenters. The minimum atomic E-state index is 0.770. The van der Waals surface area contributed by atoms with Crippen molar-refractivity contribution in [3.63, 3.8) is 0 Å². The number of nitrogens with two attached hydrogens (primary N) is 1. The average Bonchev–Trinajstić information content (AvgIpc) is 2.66. The van der Waals surface area contributed by atoms with Crippen LogP contribution in [0.3, 0.4) is 0 Å². The van der Waals surface area contributed by atoms with Crippen molar-refractivity contribution in [1.82, 2.24) is 4.90 Å². The molecule has 4 nitrogen and oxygen atoms in total. The summed E-state index contributed by atoms with van der Waals surface area (Å²) in [6.45, 7) is 10.9. The number of unbranched alkanes of at least 4 members (excludes halogenated alkanes) is 1. The molecule has 0 bridgehead atoms. The normalized spacial score (nSPS) is 15.2. The van der Waals surface area contributed by atoms with Crippen molar-refractivity contribution in [2.24, 2.45) is 0 Å². The molecule has 0 aliphatic carbocycles. The Labute approximate surface area is 157 Å². The van der Waals surface area contributed by atoms with Crippen molar-refractivity contribution < 1.29 is 4.74 Å². The second-order valence-corrected chi connectivity index (χ2v) is 7.17. The van der Waals surface area contributed by atoms with Crippen molar-refractivity contribution in [2.75, 3.05) is 50.0 Å². The first-order valence-corrected chi connectivity index (χ1v) is 9.65. The van der Waals surface area contributed by atoms with Gasteiger partial charge in [0, 0.05) is 37.6 Å². The van der Waals surface area contributed by atoms with E-state index in [1.165, 1.54) is 23.2 Å². The Kier molecular flexibility index (Phi) is 6.40. The summed E-state index contributed by atoms with van der Waals surface area (Å²) in [4.78, 5) is 5.11. The van der Waals surface area contributed by atoms with Gasteiger partial charge in [-0.25, -0.2) is 0 Å². The third kappa shape index (κ3) is 4.92. The summed E-state index contributed by atoms with van der Waals surface area (Å²) in [7, 11) is 0. The lowest BCUT2D eigenvalue weighted by atomic mass is 10.1. The lowest BCUT2D eigenvalue weighted by molar-refractivity contribution is 0.238. The second kappa shape index (κ2) is 8.95. The topological polar surface area (TPSA) is 41.7 Å². The molecule has 0 aromatic heterocycles. The van der Waals surface area contributed by atoms with Crippen LogP contribution in [0.4, 0.5) is 11.4 Å². The van der Waals surface area contributed by atoms with Crippen molar-refractivity contribution in [3.8, 4) is 5.75 Å². The molecular formula is C22H31N3O. The van der Waals surface area contributed by atoms with E-state index in [0.29, 0.717) is 0 Å². The third-order valence-electron chi connectivity index (χ3n) is 5.31. The van der Waals surface area contributed by atoms with Gasteiger partial charge in [-0.1, -0.05) is 12.1 Å². The van der Waals surface area contributed by atoms with Gasteiger partial charge in [0.2, 0.25) is 0 Å². The van der Waals surface area contributed by atoms with Gasteiger partial charge in [-0.2, -0.15) is 0 Å². The summed E-state index contributed by atoms with van der Waals surface area (Å²) in [6.07, 6.45) is 2.26. The Hall–Kier alpha value is -2.20. The van der Waals surface area contributed by atoms with Crippen LogP contribution in [0.15, 0.2) is 42.5 Å². The maximum Gasteiger partial charge on any atom is 0.119 e. The zero-order valence-electron chi connectivity index (χ0n) is 16.1. The van der Waals surface area contributed by atoms with Crippen molar-refractivity contribution in [1.29, 1.82) is 0 Å². The van der Waals surface area contributed by atoms with Gasteiger partial charge < -0.3 is 15.4 Å². The summed E-state index contributed by atoms with van der Waals surface area (Å²) < 4.78 is 5.77. The molecule has 2 N–H and O–H groups in total. The zero-order chi connectivity index (χ0) is 18.4. The first-order chi connectivity index (χ1) is 12.6. The van der Waals surface area contributed by atoms with Crippen LogP contribution in [0.25, 0.3) is 0 Å². The number of piperazine rings is 1. The number of anilines is 2. The fraction of sp³-hybridized carbons (Fsp3) is 0.455. The largest absolute Gasteiger partial charge is 0.494 e. The number of aryl methyl sites for hydroxylation is 1. The molecular weight excluding hydrogens is 322 g/mol. The Morgan fingerprint density at radius 1 is 0.923 bits per heavy atom. The highest BCUT2D eigenvalue weighted by atomic mass is 16.5. The van der Waals surface area contributed by atoms with Crippen LogP contribution in [-0.4, -0.2) is 44.2 Å². The summed E-state index contributed by atoms with van der Waals surface area (Å²) in [5.41, 5.74) is 10.7. The van der Waals surface area contributed by atoms with Gasteiger partial charge in [-0.15, -0.1) is 0 Å². The molecule has 0 saturated carbocycles. The standard InChI is InChI=1S/C22H31N3O/c1-18-6-5-7-22(19(18)2)25-15-13-24(14-16-25)12-3-4-17-26-21-10-8-20(23)9-11-21/h5-11H,3-4,12-17,23H2,1-2H3. The van der Waals surface area contributed by atoms with Crippen molar-refractivity contribution >= 4 is 11.4 Å². The molecule has 1 aliphatic heterocycles. The van der Waals surface area contributed by atoms with Gasteiger partial charge >= 0.3 is 0 Å². The molecule has 1 fully saturated rings. The van der Waals surface area contributed by atoms with Crippen LogP contribution in [0, 0.1) is 13.8 Å². The van der Waals surface area contributed by atoms with Crippen LogP contribution >= 0.6 is 0 Å². The SMILES string of the molecule is Cc1cccc(N2CCN(CCCCOc3ccc(N)cc3)CC2)c1C. The summed E-state index contributed by atoms with van der Waals surface area (Å²) in [5.74, 6) is 0.904. The van der Waals surface area contributed by atoms with E-state index in [-0.39, 0.29) is 0 Å². The highest BCUT2D eigenvalue weighted by Crippen LogP contribution is 2.24. The van der Waals surface area contributed by atoms with Gasteiger partial charge in [0.25, 0.3) is 0 Å². The van der Waals surface area contributed by atoms with Gasteiger partial charge in [-0.05, 0) is 74.7 Å². The van der Waals surface area contributed by atoms with E-state index >= 15 is 0 Å². The maximum absolute atomic E-state index is 5.77. The first kappa shape index (κ1) is 18.6. The number of nitrogen functional groups attached to an aromatic ring is 1. The molecule has 0 radical (unpaired) electrons. The van der Waals surface area contributed by atoms with Crippen LogP contribution in [-0.2, 0) is 0 Å². The van der Waals surface area contributed by atoms with Crippen LogP contribution in [0.1, 0.15) is 24.0 Å². The minimum absolute atomic E-state index is 0.770. The molecule has 2 aromatic carbocycles. The number of hydrogen-bond acceptors (Lipinski definition) is 4. The van der Waals surface area contributed by atoms with E-state index in [9.17, 15) is 0 Å². The van der Waals surface area contributed by atoms with Crippen LogP contribution in [0.2, 0.25) is 0 Å². The molecule has 2 aromatic rings. The average molecular weight is 354 g/mol. The summed E-state index contributed by atoms with van der Waals surface area (Å²) >= 11 is 0. The monoisotopic (exact) mass is 353 g/mol. The molecule has 26 heavy (non-hydrogen) atoms. The van der Waals surface area contributed by atoms with Crippen LogP contribution < -0.4 is 15.4 Å². The number of rotatable bonds is 7. The molecule has 140 valence electrons. The molecule has 4 heteroatoms. The van der Waals surface area contributed by atoms with E-state index in [1.54, 1.807) is 0 Å².